The van der Waals surface area contributed by atoms with Gasteiger partial charge < -0.3 is 4.79 Å². The monoisotopic (exact) mass is 229 g/mol. The number of unbranched alkanes of at least 4 members (excludes halogenated alkanes) is 9. The standard InChI is InChI=1S/C12H23O.2Na/c1-2-3-4-5-6-7-8-9-10-11-12-13;;/h2-11H2,1H3;;/q-1;;+1. The molecule has 0 aliphatic rings. The normalized spacial score (nSPS) is 8.87. The molecule has 79 valence electrons. The third kappa shape index (κ3) is 21.5. The van der Waals surface area contributed by atoms with Gasteiger partial charge in [-0.15, -0.1) is 0 Å². The maximum atomic E-state index is 9.89. The second kappa shape index (κ2) is 21.0. The smallest absolute Gasteiger partial charge is 0.542 e. The summed E-state index contributed by atoms with van der Waals surface area (Å²) in [7, 11) is 0. The number of rotatable bonds is 10. The minimum Gasteiger partial charge on any atom is -0.542 e. The summed E-state index contributed by atoms with van der Waals surface area (Å²) in [6.45, 7) is 2.25. The van der Waals surface area contributed by atoms with Crippen molar-refractivity contribution in [2.75, 3.05) is 0 Å². The number of hydrogen-bond donors (Lipinski definition) is 0. The molecule has 0 heterocycles. The van der Waals surface area contributed by atoms with Gasteiger partial charge in [-0.25, -0.2) is 0 Å². The molecule has 1 nitrogen and oxygen atoms in total. The van der Waals surface area contributed by atoms with Crippen molar-refractivity contribution in [3.8, 4) is 0 Å². The van der Waals surface area contributed by atoms with Crippen LogP contribution in [0.25, 0.3) is 0 Å². The van der Waals surface area contributed by atoms with Gasteiger partial charge in [0.25, 0.3) is 0 Å². The van der Waals surface area contributed by atoms with Crippen LogP contribution in [0.4, 0.5) is 0 Å². The molecule has 0 saturated heterocycles. The zero-order chi connectivity index (χ0) is 9.78. The van der Waals surface area contributed by atoms with Gasteiger partial charge in [0.1, 0.15) is 0 Å². The molecule has 0 fully saturated rings. The van der Waals surface area contributed by atoms with Crippen LogP contribution < -0.4 is 29.6 Å². The Kier molecular flexibility index (Phi) is 30.7. The molecule has 0 atom stereocenters. The molecule has 0 aromatic heterocycles. The summed E-state index contributed by atoms with van der Waals surface area (Å²) < 4.78 is 0. The van der Waals surface area contributed by atoms with Crippen LogP contribution in [0.3, 0.4) is 0 Å². The Hall–Kier alpha value is 1.67. The van der Waals surface area contributed by atoms with Crippen LogP contribution in [-0.4, -0.2) is 35.8 Å². The van der Waals surface area contributed by atoms with Crippen LogP contribution in [0.2, 0.25) is 0 Å². The van der Waals surface area contributed by atoms with Gasteiger partial charge in [0, 0.05) is 29.6 Å². The van der Waals surface area contributed by atoms with E-state index in [0.717, 1.165) is 6.42 Å². The summed E-state index contributed by atoms with van der Waals surface area (Å²) in [4.78, 5) is 9.89. The third-order valence-electron chi connectivity index (χ3n) is 2.38. The van der Waals surface area contributed by atoms with E-state index in [4.69, 9.17) is 0 Å². The van der Waals surface area contributed by atoms with Gasteiger partial charge in [0.05, 0.1) is 0 Å². The summed E-state index contributed by atoms with van der Waals surface area (Å²) in [5.74, 6) is 0. The first-order valence-corrected chi connectivity index (χ1v) is 5.76. The van der Waals surface area contributed by atoms with Crippen LogP contribution in [0.1, 0.15) is 71.1 Å². The Balaban J connectivity index is -0.000000720. The molecule has 1 radical (unpaired) electrons. The Labute approximate surface area is 140 Å². The van der Waals surface area contributed by atoms with Crippen LogP contribution >= 0.6 is 0 Å². The molecule has 0 unspecified atom stereocenters. The molecule has 0 rings (SSSR count). The molecule has 0 aromatic rings. The number of carbonyl (C=O) groups excluding carboxylic acids is 1. The molecule has 0 aliphatic heterocycles. The molecule has 0 N–H and O–H groups in total. The van der Waals surface area contributed by atoms with E-state index in [2.05, 4.69) is 6.92 Å². The van der Waals surface area contributed by atoms with E-state index in [1.165, 1.54) is 51.4 Å². The predicted molar refractivity (Wildman–Crippen MR) is 63.3 cm³/mol. The largest absolute Gasteiger partial charge is 1.00 e. The van der Waals surface area contributed by atoms with E-state index in [1.54, 1.807) is 0 Å². The van der Waals surface area contributed by atoms with Crippen molar-refractivity contribution < 1.29 is 34.4 Å². The molecular formula is C12H23Na2O. The molecule has 3 heteroatoms. The predicted octanol–water partition coefficient (Wildman–Crippen LogP) is 0.640. The molecule has 0 aliphatic carbocycles. The van der Waals surface area contributed by atoms with Crippen molar-refractivity contribution >= 4 is 35.8 Å². The van der Waals surface area contributed by atoms with Crippen molar-refractivity contribution in [3.05, 3.63) is 0 Å². The maximum absolute atomic E-state index is 9.89. The van der Waals surface area contributed by atoms with E-state index in [-0.39, 0.29) is 59.1 Å². The fourth-order valence-corrected chi connectivity index (χ4v) is 1.51. The fourth-order valence-electron chi connectivity index (χ4n) is 1.51. The van der Waals surface area contributed by atoms with Crippen molar-refractivity contribution in [1.29, 1.82) is 0 Å². The summed E-state index contributed by atoms with van der Waals surface area (Å²) in [5.41, 5.74) is 0. The second-order valence-corrected chi connectivity index (χ2v) is 3.72. The Morgan fingerprint density at radius 2 is 1.20 bits per heavy atom. The Morgan fingerprint density at radius 1 is 0.800 bits per heavy atom. The van der Waals surface area contributed by atoms with Gasteiger partial charge in [-0.1, -0.05) is 64.7 Å². The van der Waals surface area contributed by atoms with E-state index in [1.807, 2.05) is 6.29 Å². The molecule has 0 amide bonds. The second-order valence-electron chi connectivity index (χ2n) is 3.72. The first kappa shape index (κ1) is 21.9. The van der Waals surface area contributed by atoms with Gasteiger partial charge in [-0.2, -0.15) is 6.42 Å². The quantitative estimate of drug-likeness (QED) is 0.305. The first-order valence-electron chi connectivity index (χ1n) is 5.76. The van der Waals surface area contributed by atoms with Crippen LogP contribution in [0, 0.1) is 0 Å². The molecule has 0 aromatic carbocycles. The maximum Gasteiger partial charge on any atom is 1.00 e. The van der Waals surface area contributed by atoms with Crippen molar-refractivity contribution in [1.82, 2.24) is 0 Å². The Bertz CT molecular complexity index is 108. The molecule has 0 spiro atoms. The average Bonchev–Trinajstić information content (AvgIpc) is 2.16. The van der Waals surface area contributed by atoms with E-state index in [9.17, 15) is 4.79 Å². The third-order valence-corrected chi connectivity index (χ3v) is 2.38. The molecule has 15 heavy (non-hydrogen) atoms. The van der Waals surface area contributed by atoms with Crippen molar-refractivity contribution in [3.63, 3.8) is 0 Å². The topological polar surface area (TPSA) is 17.1 Å². The fraction of sp³-hybridized carbons (Fsp3) is 0.917. The van der Waals surface area contributed by atoms with Crippen molar-refractivity contribution in [2.24, 2.45) is 0 Å². The minimum absolute atomic E-state index is 0. The molecular weight excluding hydrogens is 206 g/mol. The van der Waals surface area contributed by atoms with Crippen LogP contribution in [-0.2, 0) is 4.79 Å². The first-order chi connectivity index (χ1) is 6.41. The van der Waals surface area contributed by atoms with E-state index in [0.29, 0.717) is 6.42 Å². The Morgan fingerprint density at radius 3 is 1.60 bits per heavy atom. The minimum atomic E-state index is 0. The summed E-state index contributed by atoms with van der Waals surface area (Å²) >= 11 is 0. The van der Waals surface area contributed by atoms with Crippen LogP contribution in [0.5, 0.6) is 0 Å². The summed E-state index contributed by atoms with van der Waals surface area (Å²) in [6, 6.07) is 0. The SMILES string of the molecule is CCCCCCCCCCC[C-]=O.[Na+].[Na]. The van der Waals surface area contributed by atoms with Gasteiger partial charge >= 0.3 is 29.6 Å². The zero-order valence-corrected chi connectivity index (χ0v) is 15.0. The number of hydrogen-bond acceptors (Lipinski definition) is 1. The summed E-state index contributed by atoms with van der Waals surface area (Å²) in [5, 5.41) is 0. The van der Waals surface area contributed by atoms with Crippen LogP contribution in [0.15, 0.2) is 0 Å². The van der Waals surface area contributed by atoms with Gasteiger partial charge in [-0.3, -0.25) is 6.29 Å². The molecule has 0 bridgehead atoms. The van der Waals surface area contributed by atoms with Crippen molar-refractivity contribution in [2.45, 2.75) is 71.1 Å². The zero-order valence-electron chi connectivity index (χ0n) is 11.0. The average molecular weight is 229 g/mol. The van der Waals surface area contributed by atoms with Gasteiger partial charge in [-0.05, 0) is 0 Å². The van der Waals surface area contributed by atoms with Gasteiger partial charge in [0.15, 0.2) is 0 Å². The van der Waals surface area contributed by atoms with E-state index < -0.39 is 0 Å². The summed E-state index contributed by atoms with van der Waals surface area (Å²) in [6.07, 6.45) is 14.4. The van der Waals surface area contributed by atoms with E-state index >= 15 is 0 Å². The molecule has 0 saturated carbocycles. The van der Waals surface area contributed by atoms with Gasteiger partial charge in [0.2, 0.25) is 0 Å².